The van der Waals surface area contributed by atoms with Gasteiger partial charge in [-0.1, -0.05) is 13.8 Å². The van der Waals surface area contributed by atoms with Crippen LogP contribution in [0.2, 0.25) is 0 Å². The fourth-order valence-corrected chi connectivity index (χ4v) is 2.44. The molecule has 1 heterocycles. The Morgan fingerprint density at radius 2 is 2.10 bits per heavy atom. The predicted octanol–water partition coefficient (Wildman–Crippen LogP) is 2.18. The van der Waals surface area contributed by atoms with Crippen LogP contribution >= 0.6 is 11.3 Å². The molecule has 0 radical (unpaired) electrons. The SMILES string of the molecule is CCC(CC)(CNC(=O)N(C)Cc1cscn1)C(=O)O. The Bertz CT molecular complexity index is 444. The summed E-state index contributed by atoms with van der Waals surface area (Å²) in [5, 5.41) is 13.9. The number of carboxylic acids is 1. The normalized spacial score (nSPS) is 11.2. The lowest BCUT2D eigenvalue weighted by molar-refractivity contribution is -0.149. The first-order valence-electron chi connectivity index (χ1n) is 6.54. The van der Waals surface area contributed by atoms with Crippen LogP contribution in [-0.2, 0) is 11.3 Å². The largest absolute Gasteiger partial charge is 0.481 e. The number of carbonyl (C=O) groups is 2. The molecule has 0 aliphatic rings. The maximum atomic E-state index is 12.0. The number of carbonyl (C=O) groups excluding carboxylic acids is 1. The third kappa shape index (κ3) is 3.93. The van der Waals surface area contributed by atoms with E-state index in [1.54, 1.807) is 12.6 Å². The number of hydrogen-bond donors (Lipinski definition) is 2. The van der Waals surface area contributed by atoms with Crippen LogP contribution in [-0.4, -0.2) is 40.6 Å². The smallest absolute Gasteiger partial charge is 0.317 e. The summed E-state index contributed by atoms with van der Waals surface area (Å²) in [6.45, 7) is 4.19. The first kappa shape index (κ1) is 16.4. The van der Waals surface area contributed by atoms with Crippen molar-refractivity contribution in [3.63, 3.8) is 0 Å². The molecule has 0 unspecified atom stereocenters. The van der Waals surface area contributed by atoms with Crippen molar-refractivity contribution in [2.75, 3.05) is 13.6 Å². The van der Waals surface area contributed by atoms with Gasteiger partial charge in [-0.25, -0.2) is 9.78 Å². The van der Waals surface area contributed by atoms with E-state index in [0.717, 1.165) is 5.69 Å². The van der Waals surface area contributed by atoms with Gasteiger partial charge in [-0.3, -0.25) is 4.79 Å². The Balaban J connectivity index is 2.55. The number of nitrogens with one attached hydrogen (secondary N) is 1. The number of rotatable bonds is 7. The molecule has 0 fully saturated rings. The quantitative estimate of drug-likeness (QED) is 0.808. The molecule has 0 atom stereocenters. The summed E-state index contributed by atoms with van der Waals surface area (Å²) < 4.78 is 0. The molecule has 0 aromatic carbocycles. The number of aliphatic carboxylic acids is 1. The Labute approximate surface area is 122 Å². The van der Waals surface area contributed by atoms with Crippen LogP contribution in [0.4, 0.5) is 4.79 Å². The van der Waals surface area contributed by atoms with Crippen molar-refractivity contribution in [2.45, 2.75) is 33.2 Å². The highest BCUT2D eigenvalue weighted by Gasteiger charge is 2.35. The van der Waals surface area contributed by atoms with E-state index in [9.17, 15) is 14.7 Å². The highest BCUT2D eigenvalue weighted by molar-refractivity contribution is 7.07. The fourth-order valence-electron chi connectivity index (χ4n) is 1.89. The first-order chi connectivity index (χ1) is 9.45. The summed E-state index contributed by atoms with van der Waals surface area (Å²) in [5.41, 5.74) is 1.64. The molecule has 0 aliphatic carbocycles. The molecule has 2 N–H and O–H groups in total. The van der Waals surface area contributed by atoms with Crippen molar-refractivity contribution in [2.24, 2.45) is 5.41 Å². The van der Waals surface area contributed by atoms with Crippen molar-refractivity contribution < 1.29 is 14.7 Å². The maximum Gasteiger partial charge on any atom is 0.317 e. The van der Waals surface area contributed by atoms with E-state index in [4.69, 9.17) is 0 Å². The summed E-state index contributed by atoms with van der Waals surface area (Å²) in [6, 6.07) is -0.287. The lowest BCUT2D eigenvalue weighted by Gasteiger charge is -2.28. The molecule has 1 aromatic heterocycles. The minimum absolute atomic E-state index is 0.134. The molecule has 0 saturated heterocycles. The van der Waals surface area contributed by atoms with E-state index in [-0.39, 0.29) is 12.6 Å². The van der Waals surface area contributed by atoms with Gasteiger partial charge in [0.15, 0.2) is 0 Å². The Morgan fingerprint density at radius 3 is 2.55 bits per heavy atom. The topological polar surface area (TPSA) is 82.5 Å². The van der Waals surface area contributed by atoms with Crippen LogP contribution in [0.25, 0.3) is 0 Å². The molecule has 112 valence electrons. The van der Waals surface area contributed by atoms with E-state index in [2.05, 4.69) is 10.3 Å². The standard InChI is InChI=1S/C13H21N3O3S/c1-4-13(5-2,11(17)18)8-14-12(19)16(3)6-10-7-20-9-15-10/h7,9H,4-6,8H2,1-3H3,(H,14,19)(H,17,18). The van der Waals surface area contributed by atoms with Gasteiger partial charge in [0, 0.05) is 19.0 Å². The van der Waals surface area contributed by atoms with Gasteiger partial charge in [0.1, 0.15) is 0 Å². The molecule has 20 heavy (non-hydrogen) atoms. The molecule has 6 nitrogen and oxygen atoms in total. The molecule has 1 rings (SSSR count). The first-order valence-corrected chi connectivity index (χ1v) is 7.49. The van der Waals surface area contributed by atoms with Gasteiger partial charge >= 0.3 is 12.0 Å². The number of thiazole rings is 1. The van der Waals surface area contributed by atoms with Gasteiger partial charge in [-0.2, -0.15) is 0 Å². The zero-order chi connectivity index (χ0) is 15.2. The molecule has 7 heteroatoms. The van der Waals surface area contributed by atoms with Crippen molar-refractivity contribution in [1.82, 2.24) is 15.2 Å². The Morgan fingerprint density at radius 1 is 1.45 bits per heavy atom. The zero-order valence-corrected chi connectivity index (χ0v) is 12.9. The van der Waals surface area contributed by atoms with Crippen molar-refractivity contribution in [3.8, 4) is 0 Å². The maximum absolute atomic E-state index is 12.0. The van der Waals surface area contributed by atoms with Gasteiger partial charge in [0.05, 0.1) is 23.2 Å². The molecule has 2 amide bonds. The molecule has 0 spiro atoms. The van der Waals surface area contributed by atoms with Crippen molar-refractivity contribution in [3.05, 3.63) is 16.6 Å². The number of urea groups is 1. The number of amides is 2. The monoisotopic (exact) mass is 299 g/mol. The summed E-state index contributed by atoms with van der Waals surface area (Å²) in [6.07, 6.45) is 0.962. The third-order valence-electron chi connectivity index (χ3n) is 3.61. The predicted molar refractivity (Wildman–Crippen MR) is 77.6 cm³/mol. The van der Waals surface area contributed by atoms with Gasteiger partial charge in [-0.15, -0.1) is 11.3 Å². The Hall–Kier alpha value is -1.63. The van der Waals surface area contributed by atoms with E-state index in [0.29, 0.717) is 19.4 Å². The second-order valence-electron chi connectivity index (χ2n) is 4.79. The molecular formula is C13H21N3O3S. The lowest BCUT2D eigenvalue weighted by atomic mass is 9.82. The van der Waals surface area contributed by atoms with Gasteiger partial charge in [0.25, 0.3) is 0 Å². The second-order valence-corrected chi connectivity index (χ2v) is 5.51. The third-order valence-corrected chi connectivity index (χ3v) is 4.25. The fraction of sp³-hybridized carbons (Fsp3) is 0.615. The van der Waals surface area contributed by atoms with Gasteiger partial charge < -0.3 is 15.3 Å². The average molecular weight is 299 g/mol. The van der Waals surface area contributed by atoms with Crippen LogP contribution in [0, 0.1) is 5.41 Å². The van der Waals surface area contributed by atoms with Crippen LogP contribution in [0.3, 0.4) is 0 Å². The minimum atomic E-state index is -0.892. The van der Waals surface area contributed by atoms with Crippen LogP contribution in [0.15, 0.2) is 10.9 Å². The van der Waals surface area contributed by atoms with Crippen LogP contribution < -0.4 is 5.32 Å². The molecular weight excluding hydrogens is 278 g/mol. The van der Waals surface area contributed by atoms with Gasteiger partial charge in [-0.05, 0) is 12.8 Å². The molecule has 0 bridgehead atoms. The highest BCUT2D eigenvalue weighted by Crippen LogP contribution is 2.25. The number of aromatic nitrogens is 1. The molecule has 1 aromatic rings. The number of nitrogens with zero attached hydrogens (tertiary/aromatic N) is 2. The van der Waals surface area contributed by atoms with E-state index in [1.165, 1.54) is 16.2 Å². The summed E-state index contributed by atoms with van der Waals surface area (Å²) in [4.78, 5) is 28.9. The molecule has 0 aliphatic heterocycles. The molecule has 0 saturated carbocycles. The second kappa shape index (κ2) is 7.23. The summed E-state index contributed by atoms with van der Waals surface area (Å²) in [5.74, 6) is -0.870. The van der Waals surface area contributed by atoms with Gasteiger partial charge in [0.2, 0.25) is 0 Å². The van der Waals surface area contributed by atoms with E-state index >= 15 is 0 Å². The lowest BCUT2D eigenvalue weighted by Crippen LogP contribution is -2.46. The van der Waals surface area contributed by atoms with Crippen LogP contribution in [0.5, 0.6) is 0 Å². The summed E-state index contributed by atoms with van der Waals surface area (Å²) >= 11 is 1.47. The van der Waals surface area contributed by atoms with Crippen molar-refractivity contribution >= 4 is 23.3 Å². The number of carboxylic acid groups (broad SMARTS) is 1. The van der Waals surface area contributed by atoms with E-state index in [1.807, 2.05) is 19.2 Å². The zero-order valence-electron chi connectivity index (χ0n) is 12.0. The highest BCUT2D eigenvalue weighted by atomic mass is 32.1. The summed E-state index contributed by atoms with van der Waals surface area (Å²) in [7, 11) is 1.66. The van der Waals surface area contributed by atoms with Crippen molar-refractivity contribution in [1.29, 1.82) is 0 Å². The Kier molecular flexibility index (Phi) is 5.94. The minimum Gasteiger partial charge on any atom is -0.481 e. The number of hydrogen-bond acceptors (Lipinski definition) is 4. The van der Waals surface area contributed by atoms with Crippen LogP contribution in [0.1, 0.15) is 32.4 Å². The van der Waals surface area contributed by atoms with E-state index < -0.39 is 11.4 Å². The average Bonchev–Trinajstić information content (AvgIpc) is 2.92.